The zero-order chi connectivity index (χ0) is 18.6. The van der Waals surface area contributed by atoms with Gasteiger partial charge in [0.05, 0.1) is 13.2 Å². The molecule has 6 nitrogen and oxygen atoms in total. The van der Waals surface area contributed by atoms with Gasteiger partial charge in [-0.05, 0) is 38.8 Å². The summed E-state index contributed by atoms with van der Waals surface area (Å²) in [6.07, 6.45) is 2.29. The van der Waals surface area contributed by atoms with Gasteiger partial charge in [0.1, 0.15) is 11.9 Å². The first kappa shape index (κ1) is 24.0. The summed E-state index contributed by atoms with van der Waals surface area (Å²) in [6.45, 7) is 9.65. The van der Waals surface area contributed by atoms with Crippen molar-refractivity contribution in [2.75, 3.05) is 46.4 Å². The van der Waals surface area contributed by atoms with Crippen LogP contribution in [0.5, 0.6) is 5.75 Å². The molecule has 0 saturated carbocycles. The number of ether oxygens (including phenoxy) is 2. The lowest BCUT2D eigenvalue weighted by atomic mass is 10.1. The summed E-state index contributed by atoms with van der Waals surface area (Å²) in [5.74, 6) is 1.77. The molecule has 27 heavy (non-hydrogen) atoms. The smallest absolute Gasteiger partial charge is 0.191 e. The maximum absolute atomic E-state index is 5.90. The van der Waals surface area contributed by atoms with Crippen LogP contribution in [0.2, 0.25) is 0 Å². The molecule has 2 N–H and O–H groups in total. The molecular weight excluding hydrogens is 455 g/mol. The molecule has 1 aliphatic rings. The normalized spacial score (nSPS) is 17.1. The van der Waals surface area contributed by atoms with E-state index < -0.39 is 0 Å². The number of rotatable bonds is 9. The Labute approximate surface area is 181 Å². The summed E-state index contributed by atoms with van der Waals surface area (Å²) in [6, 6.07) is 10.4. The molecular formula is C20H35IN4O2. The van der Waals surface area contributed by atoms with E-state index in [9.17, 15) is 0 Å². The van der Waals surface area contributed by atoms with E-state index in [0.717, 1.165) is 57.3 Å². The first-order valence-electron chi connectivity index (χ1n) is 9.69. The second kappa shape index (κ2) is 14.0. The summed E-state index contributed by atoms with van der Waals surface area (Å²) in [5, 5.41) is 6.92. The first-order valence-corrected chi connectivity index (χ1v) is 9.69. The van der Waals surface area contributed by atoms with Crippen LogP contribution >= 0.6 is 24.0 Å². The maximum Gasteiger partial charge on any atom is 0.191 e. The van der Waals surface area contributed by atoms with Crippen LogP contribution < -0.4 is 15.4 Å². The molecule has 0 spiro atoms. The third-order valence-corrected chi connectivity index (χ3v) is 4.47. The zero-order valence-corrected chi connectivity index (χ0v) is 19.1. The Hall–Kier alpha value is -1.06. The third-order valence-electron chi connectivity index (χ3n) is 4.47. The number of hydrogen-bond donors (Lipinski definition) is 2. The van der Waals surface area contributed by atoms with Crippen LogP contribution in [0, 0.1) is 0 Å². The van der Waals surface area contributed by atoms with Gasteiger partial charge in [0, 0.05) is 39.3 Å². The van der Waals surface area contributed by atoms with E-state index in [4.69, 9.17) is 14.5 Å². The molecule has 0 amide bonds. The van der Waals surface area contributed by atoms with Gasteiger partial charge in [-0.25, -0.2) is 4.99 Å². The summed E-state index contributed by atoms with van der Waals surface area (Å²) < 4.78 is 11.1. The average Bonchev–Trinajstić information content (AvgIpc) is 2.66. The van der Waals surface area contributed by atoms with Crippen molar-refractivity contribution in [3.8, 4) is 5.75 Å². The molecule has 154 valence electrons. The molecule has 1 aromatic rings. The molecule has 1 fully saturated rings. The molecule has 1 heterocycles. The van der Waals surface area contributed by atoms with Crippen LogP contribution in [-0.2, 0) is 4.74 Å². The largest absolute Gasteiger partial charge is 0.489 e. The van der Waals surface area contributed by atoms with Gasteiger partial charge in [0.25, 0.3) is 0 Å². The van der Waals surface area contributed by atoms with Crippen molar-refractivity contribution >= 4 is 29.9 Å². The lowest BCUT2D eigenvalue weighted by Gasteiger charge is -2.32. The second-order valence-corrected chi connectivity index (χ2v) is 6.71. The third kappa shape index (κ3) is 9.62. The number of aliphatic imine (C=N–C) groups is 1. The molecule has 7 heteroatoms. The molecule has 0 bridgehead atoms. The predicted octanol–water partition coefficient (Wildman–Crippen LogP) is 2.74. The molecule has 1 unspecified atom stereocenters. The Morgan fingerprint density at radius 3 is 2.59 bits per heavy atom. The number of nitrogens with zero attached hydrogens (tertiary/aromatic N) is 2. The van der Waals surface area contributed by atoms with Crippen molar-refractivity contribution < 1.29 is 9.47 Å². The van der Waals surface area contributed by atoms with Crippen molar-refractivity contribution in [2.24, 2.45) is 4.99 Å². The first-order chi connectivity index (χ1) is 12.7. The lowest BCUT2D eigenvalue weighted by Crippen LogP contribution is -2.49. The highest BCUT2D eigenvalue weighted by Crippen LogP contribution is 2.11. The van der Waals surface area contributed by atoms with Gasteiger partial charge in [-0.15, -0.1) is 24.0 Å². The fraction of sp³-hybridized carbons (Fsp3) is 0.650. The molecule has 2 rings (SSSR count). The molecule has 0 aliphatic carbocycles. The van der Waals surface area contributed by atoms with Gasteiger partial charge < -0.3 is 25.0 Å². The van der Waals surface area contributed by atoms with Crippen LogP contribution in [0.4, 0.5) is 0 Å². The quantitative estimate of drug-likeness (QED) is 0.317. The Morgan fingerprint density at radius 2 is 1.96 bits per heavy atom. The minimum atomic E-state index is 0. The van der Waals surface area contributed by atoms with Crippen molar-refractivity contribution in [3.63, 3.8) is 0 Å². The minimum absolute atomic E-state index is 0. The zero-order valence-electron chi connectivity index (χ0n) is 16.8. The Kier molecular flexibility index (Phi) is 12.4. The van der Waals surface area contributed by atoms with Crippen LogP contribution in [0.1, 0.15) is 26.7 Å². The highest BCUT2D eigenvalue weighted by Gasteiger charge is 2.19. The number of methoxy groups -OCH3 is 1. The number of halogens is 1. The van der Waals surface area contributed by atoms with E-state index in [1.165, 1.54) is 0 Å². The van der Waals surface area contributed by atoms with E-state index in [1.807, 2.05) is 37.3 Å². The van der Waals surface area contributed by atoms with Crippen molar-refractivity contribution in [2.45, 2.75) is 38.8 Å². The molecule has 1 aromatic carbocycles. The minimum Gasteiger partial charge on any atom is -0.489 e. The highest BCUT2D eigenvalue weighted by atomic mass is 127. The topological polar surface area (TPSA) is 58.1 Å². The summed E-state index contributed by atoms with van der Waals surface area (Å²) in [7, 11) is 1.76. The standard InChI is InChI=1S/C20H34N4O2.HI/c1-4-21-20(22-16-17(2)26-19-8-6-5-7-9-19)23-18-10-12-24(13-11-18)14-15-25-3;/h5-9,17-18H,4,10-16H2,1-3H3,(H2,21,22,23);1H. The second-order valence-electron chi connectivity index (χ2n) is 6.71. The van der Waals surface area contributed by atoms with Crippen molar-refractivity contribution in [1.29, 1.82) is 0 Å². The van der Waals surface area contributed by atoms with E-state index >= 15 is 0 Å². The van der Waals surface area contributed by atoms with Gasteiger partial charge in [-0.2, -0.15) is 0 Å². The van der Waals surface area contributed by atoms with Crippen molar-refractivity contribution in [3.05, 3.63) is 30.3 Å². The highest BCUT2D eigenvalue weighted by molar-refractivity contribution is 14.0. The summed E-state index contributed by atoms with van der Waals surface area (Å²) in [5.41, 5.74) is 0. The average molecular weight is 490 g/mol. The van der Waals surface area contributed by atoms with Gasteiger partial charge in [-0.3, -0.25) is 0 Å². The van der Waals surface area contributed by atoms with E-state index in [-0.39, 0.29) is 30.1 Å². The number of guanidine groups is 1. The number of hydrogen-bond acceptors (Lipinski definition) is 4. The number of piperidine rings is 1. The molecule has 0 aromatic heterocycles. The predicted molar refractivity (Wildman–Crippen MR) is 122 cm³/mol. The van der Waals surface area contributed by atoms with Gasteiger partial charge in [0.15, 0.2) is 5.96 Å². The van der Waals surface area contributed by atoms with Crippen LogP contribution in [-0.4, -0.2) is 69.4 Å². The number of nitrogens with one attached hydrogen (secondary N) is 2. The number of likely N-dealkylation sites (tertiary alicyclic amines) is 1. The van der Waals surface area contributed by atoms with Crippen LogP contribution in [0.3, 0.4) is 0 Å². The van der Waals surface area contributed by atoms with Gasteiger partial charge in [-0.1, -0.05) is 18.2 Å². The van der Waals surface area contributed by atoms with E-state index in [0.29, 0.717) is 12.6 Å². The van der Waals surface area contributed by atoms with Crippen LogP contribution in [0.15, 0.2) is 35.3 Å². The summed E-state index contributed by atoms with van der Waals surface area (Å²) >= 11 is 0. The Morgan fingerprint density at radius 1 is 1.26 bits per heavy atom. The Balaban J connectivity index is 0.00000364. The van der Waals surface area contributed by atoms with Crippen molar-refractivity contribution in [1.82, 2.24) is 15.5 Å². The Bertz CT molecular complexity index is 522. The fourth-order valence-electron chi connectivity index (χ4n) is 3.02. The maximum atomic E-state index is 5.90. The van der Waals surface area contributed by atoms with E-state index in [1.54, 1.807) is 7.11 Å². The molecule has 0 radical (unpaired) electrons. The molecule has 1 atom stereocenters. The van der Waals surface area contributed by atoms with Crippen LogP contribution in [0.25, 0.3) is 0 Å². The lowest BCUT2D eigenvalue weighted by molar-refractivity contribution is 0.128. The number of benzene rings is 1. The molecule has 1 saturated heterocycles. The number of para-hydroxylation sites is 1. The fourth-order valence-corrected chi connectivity index (χ4v) is 3.02. The van der Waals surface area contributed by atoms with E-state index in [2.05, 4.69) is 22.5 Å². The SMILES string of the molecule is CCNC(=NCC(C)Oc1ccccc1)NC1CCN(CCOC)CC1.I. The van der Waals surface area contributed by atoms with Gasteiger partial charge in [0.2, 0.25) is 0 Å². The monoisotopic (exact) mass is 490 g/mol. The summed E-state index contributed by atoms with van der Waals surface area (Å²) in [4.78, 5) is 7.17. The van der Waals surface area contributed by atoms with Gasteiger partial charge >= 0.3 is 0 Å². The molecule has 1 aliphatic heterocycles.